The molecule has 1 aliphatic heterocycles. The van der Waals surface area contributed by atoms with Crippen molar-refractivity contribution >= 4 is 23.9 Å². The molecule has 250 valence electrons. The van der Waals surface area contributed by atoms with Gasteiger partial charge >= 0.3 is 23.9 Å². The molecule has 1 saturated heterocycles. The number of piperidine rings is 1. The summed E-state index contributed by atoms with van der Waals surface area (Å²) >= 11 is 0. The molecule has 48 heavy (non-hydrogen) atoms. The second kappa shape index (κ2) is 17.5. The molecule has 0 radical (unpaired) electrons. The third-order valence-electron chi connectivity index (χ3n) is 7.85. The Balaban J connectivity index is 0.000000219. The summed E-state index contributed by atoms with van der Waals surface area (Å²) in [6.45, 7) is 2.99. The first-order valence-corrected chi connectivity index (χ1v) is 15.3. The van der Waals surface area contributed by atoms with E-state index in [4.69, 9.17) is 9.47 Å². The van der Waals surface area contributed by atoms with Crippen LogP contribution in [0.25, 0.3) is 0 Å². The lowest BCUT2D eigenvalue weighted by atomic mass is 9.81. The topological polar surface area (TPSA) is 151 Å². The average Bonchev–Trinajstić information content (AvgIpc) is 3.11. The first kappa shape index (κ1) is 35.5. The molecule has 5 rings (SSSR count). The average molecular weight is 658 g/mol. The van der Waals surface area contributed by atoms with Gasteiger partial charge in [0.25, 0.3) is 0 Å². The zero-order chi connectivity index (χ0) is 34.5. The van der Waals surface area contributed by atoms with E-state index in [-0.39, 0.29) is 29.5 Å². The number of carbonyl (C=O) groups is 4. The summed E-state index contributed by atoms with van der Waals surface area (Å²) in [5.41, 5.74) is 2.49. The number of carbonyl (C=O) groups excluding carboxylic acids is 2. The van der Waals surface area contributed by atoms with Crippen molar-refractivity contribution < 1.29 is 48.4 Å². The van der Waals surface area contributed by atoms with Gasteiger partial charge in [-0.05, 0) is 66.4 Å². The molecule has 4 atom stereocenters. The number of hydrogen-bond donors (Lipinski definition) is 3. The molecule has 0 aliphatic carbocycles. The minimum Gasteiger partial charge on any atom is -0.478 e. The van der Waals surface area contributed by atoms with E-state index in [2.05, 4.69) is 29.2 Å². The van der Waals surface area contributed by atoms with Crippen LogP contribution < -0.4 is 0 Å². The van der Waals surface area contributed by atoms with Crippen LogP contribution in [0.4, 0.5) is 4.39 Å². The Morgan fingerprint density at radius 2 is 1.17 bits per heavy atom. The number of carboxylic acid groups (broad SMARTS) is 2. The molecule has 0 bridgehead atoms. The summed E-state index contributed by atoms with van der Waals surface area (Å²) < 4.78 is 22.6. The van der Waals surface area contributed by atoms with Gasteiger partial charge in [-0.25, -0.2) is 23.6 Å². The molecular formula is C37H36FNO9. The quantitative estimate of drug-likeness (QED) is 0.187. The molecule has 0 spiro atoms. The number of ether oxygens (including phenoxy) is 2. The number of likely N-dealkylation sites (tertiary alicyclic amines) is 1. The molecule has 0 aromatic heterocycles. The Kier molecular flexibility index (Phi) is 12.9. The van der Waals surface area contributed by atoms with Gasteiger partial charge in [-0.2, -0.15) is 0 Å². The van der Waals surface area contributed by atoms with Crippen molar-refractivity contribution in [3.05, 3.63) is 143 Å². The second-order valence-corrected chi connectivity index (χ2v) is 11.2. The van der Waals surface area contributed by atoms with Crippen LogP contribution in [0.2, 0.25) is 0 Å². The maximum atomic E-state index is 13.1. The van der Waals surface area contributed by atoms with E-state index in [9.17, 15) is 38.9 Å². The van der Waals surface area contributed by atoms with Crippen LogP contribution in [-0.4, -0.2) is 76.0 Å². The molecule has 3 N–H and O–H groups in total. The molecule has 1 heterocycles. The van der Waals surface area contributed by atoms with Gasteiger partial charge in [-0.1, -0.05) is 78.9 Å². The fraction of sp³-hybridized carbons (Fsp3) is 0.243. The Morgan fingerprint density at radius 3 is 1.60 bits per heavy atom. The molecule has 2 unspecified atom stereocenters. The van der Waals surface area contributed by atoms with Gasteiger partial charge in [0.15, 0.2) is 0 Å². The summed E-state index contributed by atoms with van der Waals surface area (Å²) in [6.07, 6.45) is -3.43. The van der Waals surface area contributed by atoms with Crippen LogP contribution in [0.1, 0.15) is 44.2 Å². The predicted octanol–water partition coefficient (Wildman–Crippen LogP) is 5.03. The summed E-state index contributed by atoms with van der Waals surface area (Å²) in [5, 5.41) is 28.2. The van der Waals surface area contributed by atoms with Gasteiger partial charge in [0.1, 0.15) is 5.82 Å². The van der Waals surface area contributed by atoms with Crippen LogP contribution >= 0.6 is 0 Å². The number of carboxylic acids is 2. The van der Waals surface area contributed by atoms with Gasteiger partial charge in [0.05, 0.1) is 11.1 Å². The van der Waals surface area contributed by atoms with E-state index < -0.39 is 36.1 Å². The Labute approximate surface area is 277 Å². The third kappa shape index (κ3) is 10.1. The van der Waals surface area contributed by atoms with Crippen LogP contribution in [0.5, 0.6) is 0 Å². The number of aliphatic hydroxyl groups excluding tert-OH is 1. The first-order chi connectivity index (χ1) is 23.2. The first-order valence-electron chi connectivity index (χ1n) is 15.3. The minimum absolute atomic E-state index is 0.0253. The maximum absolute atomic E-state index is 13.1. The normalized spacial score (nSPS) is 17.1. The van der Waals surface area contributed by atoms with Crippen molar-refractivity contribution in [1.29, 1.82) is 0 Å². The molecule has 4 aromatic rings. The van der Waals surface area contributed by atoms with Crippen LogP contribution in [0.15, 0.2) is 115 Å². The monoisotopic (exact) mass is 657 g/mol. The molecule has 1 fully saturated rings. The fourth-order valence-electron chi connectivity index (χ4n) is 5.43. The minimum atomic E-state index is -2.21. The molecule has 11 heteroatoms. The lowest BCUT2D eigenvalue weighted by Crippen LogP contribution is -2.45. The molecular weight excluding hydrogens is 621 g/mol. The molecule has 10 nitrogen and oxygen atoms in total. The summed E-state index contributed by atoms with van der Waals surface area (Å²) in [7, 11) is 0. The van der Waals surface area contributed by atoms with Crippen LogP contribution in [0, 0.1) is 11.7 Å². The molecule has 0 saturated carbocycles. The van der Waals surface area contributed by atoms with Crippen molar-refractivity contribution in [2.24, 2.45) is 5.92 Å². The number of halogens is 1. The fourth-order valence-corrected chi connectivity index (χ4v) is 5.43. The van der Waals surface area contributed by atoms with Crippen molar-refractivity contribution in [3.8, 4) is 0 Å². The van der Waals surface area contributed by atoms with Gasteiger partial charge < -0.3 is 24.8 Å². The van der Waals surface area contributed by atoms with Gasteiger partial charge in [0, 0.05) is 25.6 Å². The number of benzene rings is 4. The van der Waals surface area contributed by atoms with Crippen molar-refractivity contribution in [3.63, 3.8) is 0 Å². The Hall–Kier alpha value is -5.39. The summed E-state index contributed by atoms with van der Waals surface area (Å²) in [5.74, 6) is -5.31. The zero-order valence-electron chi connectivity index (χ0n) is 25.9. The highest BCUT2D eigenvalue weighted by atomic mass is 19.1. The summed E-state index contributed by atoms with van der Waals surface area (Å²) in [4.78, 5) is 49.2. The van der Waals surface area contributed by atoms with E-state index in [0.29, 0.717) is 5.92 Å². The van der Waals surface area contributed by atoms with E-state index in [0.717, 1.165) is 31.6 Å². The number of nitrogens with zero attached hydrogens (tertiary/aromatic N) is 1. The lowest BCUT2D eigenvalue weighted by molar-refractivity contribution is -0.166. The largest absolute Gasteiger partial charge is 0.478 e. The molecule has 1 aliphatic rings. The Bertz CT molecular complexity index is 1570. The highest BCUT2D eigenvalue weighted by molar-refractivity contribution is 5.95. The zero-order valence-corrected chi connectivity index (χ0v) is 25.9. The van der Waals surface area contributed by atoms with Crippen molar-refractivity contribution in [1.82, 2.24) is 4.90 Å². The second-order valence-electron chi connectivity index (χ2n) is 11.2. The summed E-state index contributed by atoms with van der Waals surface area (Å²) in [6, 6.07) is 32.0. The number of rotatable bonds is 11. The highest BCUT2D eigenvalue weighted by Crippen LogP contribution is 2.33. The van der Waals surface area contributed by atoms with E-state index in [1.165, 1.54) is 66.2 Å². The highest BCUT2D eigenvalue weighted by Gasteiger charge is 2.41. The number of hydrogen-bond acceptors (Lipinski definition) is 8. The van der Waals surface area contributed by atoms with Crippen LogP contribution in [0.3, 0.4) is 0 Å². The van der Waals surface area contributed by atoms with Crippen molar-refractivity contribution in [2.75, 3.05) is 19.7 Å². The standard InChI is InChI=1S/C19H22FNO.C18H14O8/c20-18-8-6-16(7-9-18)19-10-11-21(13-17(19)14-22)12-15-4-2-1-3-5-15;19-15(20)13(25-17(23)11-7-3-1-4-8-11)14(16(21)22)26-18(24)12-9-5-2-6-10-12/h1-9,17,19,22H,10-14H2;1-10,13-14H,(H,19,20)(H,21,22)/t17-,19+;/m1./s1. The molecule has 4 aromatic carbocycles. The molecule has 0 amide bonds. The van der Waals surface area contributed by atoms with Gasteiger partial charge in [-0.15, -0.1) is 0 Å². The van der Waals surface area contributed by atoms with E-state index >= 15 is 0 Å². The van der Waals surface area contributed by atoms with Crippen LogP contribution in [-0.2, 0) is 25.6 Å². The smallest absolute Gasteiger partial charge is 0.349 e. The van der Waals surface area contributed by atoms with Gasteiger partial charge in [-0.3, -0.25) is 4.90 Å². The number of aliphatic hydroxyl groups is 1. The third-order valence-corrected chi connectivity index (χ3v) is 7.85. The number of aliphatic carboxylic acids is 2. The number of esters is 2. The Morgan fingerprint density at radius 1 is 0.708 bits per heavy atom. The van der Waals surface area contributed by atoms with E-state index in [1.54, 1.807) is 12.1 Å². The lowest BCUT2D eigenvalue weighted by Gasteiger charge is -2.38. The predicted molar refractivity (Wildman–Crippen MR) is 173 cm³/mol. The van der Waals surface area contributed by atoms with Gasteiger partial charge in [0.2, 0.25) is 12.2 Å². The maximum Gasteiger partial charge on any atom is 0.349 e. The SMILES string of the molecule is O=C(OC(C(=O)O)C(OC(=O)c1ccccc1)C(=O)O)c1ccccc1.OC[C@H]1CN(Cc2ccccc2)CC[C@H]1c1ccc(F)cc1. The van der Waals surface area contributed by atoms with Crippen molar-refractivity contribution in [2.45, 2.75) is 31.1 Å². The van der Waals surface area contributed by atoms with E-state index in [1.807, 2.05) is 18.2 Å².